The van der Waals surface area contributed by atoms with E-state index < -0.39 is 23.6 Å². The number of nitrogens with one attached hydrogen (secondary N) is 1. The van der Waals surface area contributed by atoms with E-state index in [-0.39, 0.29) is 6.42 Å². The molecule has 84 valence electrons. The van der Waals surface area contributed by atoms with Gasteiger partial charge in [-0.2, -0.15) is 13.2 Å². The van der Waals surface area contributed by atoms with Crippen LogP contribution in [0.25, 0.3) is 0 Å². The molecule has 0 aliphatic heterocycles. The topological polar surface area (TPSA) is 69.6 Å². The molecule has 0 bridgehead atoms. The van der Waals surface area contributed by atoms with Gasteiger partial charge in [-0.15, -0.1) is 0 Å². The molecule has 0 aromatic heterocycles. The molecule has 0 rings (SSSR count). The Morgan fingerprint density at radius 3 is 2.14 bits per heavy atom. The van der Waals surface area contributed by atoms with Crippen LogP contribution in [0.15, 0.2) is 0 Å². The molecule has 0 saturated heterocycles. The highest BCUT2D eigenvalue weighted by molar-refractivity contribution is 5.78. The van der Waals surface area contributed by atoms with Gasteiger partial charge in [0.05, 0.1) is 5.92 Å². The first-order valence-corrected chi connectivity index (χ1v) is 3.91. The Bertz CT molecular complexity index is 215. The van der Waals surface area contributed by atoms with Gasteiger partial charge in [0.2, 0.25) is 5.91 Å². The number of carbonyl (C=O) groups is 1. The van der Waals surface area contributed by atoms with Crippen molar-refractivity contribution in [1.29, 1.82) is 0 Å². The number of hydrogen-bond acceptors (Lipinski definition) is 3. The van der Waals surface area contributed by atoms with Crippen LogP contribution < -0.4 is 5.48 Å². The molecule has 0 aromatic carbocycles. The summed E-state index contributed by atoms with van der Waals surface area (Å²) in [7, 11) is 0. The maximum Gasteiger partial charge on any atom is 0.417 e. The Labute approximate surface area is 78.7 Å². The fourth-order valence-corrected chi connectivity index (χ4v) is 1.11. The molecule has 0 aliphatic rings. The van der Waals surface area contributed by atoms with Crippen molar-refractivity contribution in [3.05, 3.63) is 0 Å². The van der Waals surface area contributed by atoms with Crippen molar-refractivity contribution in [2.45, 2.75) is 32.0 Å². The number of amides is 1. The van der Waals surface area contributed by atoms with E-state index in [9.17, 15) is 18.0 Å². The van der Waals surface area contributed by atoms with E-state index in [4.69, 9.17) is 10.3 Å². The lowest BCUT2D eigenvalue weighted by molar-refractivity contribution is -0.270. The number of aliphatic hydroxyl groups is 1. The SMILES string of the molecule is CCC(C(=O)NO)C(C)(O)C(F)(F)F. The van der Waals surface area contributed by atoms with Gasteiger partial charge in [0, 0.05) is 0 Å². The van der Waals surface area contributed by atoms with Crippen molar-refractivity contribution >= 4 is 5.91 Å². The van der Waals surface area contributed by atoms with Crippen molar-refractivity contribution in [1.82, 2.24) is 5.48 Å². The summed E-state index contributed by atoms with van der Waals surface area (Å²) in [6.07, 6.45) is -5.15. The molecule has 0 saturated carbocycles. The van der Waals surface area contributed by atoms with Crippen molar-refractivity contribution in [3.63, 3.8) is 0 Å². The zero-order chi connectivity index (χ0) is 11.6. The quantitative estimate of drug-likeness (QED) is 0.482. The van der Waals surface area contributed by atoms with Gasteiger partial charge >= 0.3 is 6.18 Å². The normalized spacial score (nSPS) is 18.5. The highest BCUT2D eigenvalue weighted by atomic mass is 19.4. The Hall–Kier alpha value is -0.820. The first kappa shape index (κ1) is 13.2. The zero-order valence-electron chi connectivity index (χ0n) is 7.72. The first-order chi connectivity index (χ1) is 6.18. The average Bonchev–Trinajstić information content (AvgIpc) is 2.02. The first-order valence-electron chi connectivity index (χ1n) is 3.91. The molecule has 0 spiro atoms. The average molecular weight is 215 g/mol. The van der Waals surface area contributed by atoms with Gasteiger partial charge in [-0.05, 0) is 13.3 Å². The summed E-state index contributed by atoms with van der Waals surface area (Å²) in [6, 6.07) is 0. The lowest BCUT2D eigenvalue weighted by Gasteiger charge is -2.32. The molecule has 14 heavy (non-hydrogen) atoms. The Kier molecular flexibility index (Phi) is 3.90. The van der Waals surface area contributed by atoms with Crippen LogP contribution in [-0.4, -0.2) is 28.0 Å². The van der Waals surface area contributed by atoms with Crippen molar-refractivity contribution in [3.8, 4) is 0 Å². The van der Waals surface area contributed by atoms with E-state index >= 15 is 0 Å². The van der Waals surface area contributed by atoms with Crippen LogP contribution in [0, 0.1) is 5.92 Å². The van der Waals surface area contributed by atoms with Crippen LogP contribution in [0.1, 0.15) is 20.3 Å². The van der Waals surface area contributed by atoms with E-state index in [0.29, 0.717) is 6.92 Å². The minimum absolute atomic E-state index is 0.237. The third kappa shape index (κ3) is 2.36. The molecule has 7 heteroatoms. The largest absolute Gasteiger partial charge is 0.417 e. The van der Waals surface area contributed by atoms with Crippen LogP contribution >= 0.6 is 0 Å². The minimum Gasteiger partial charge on any atom is -0.380 e. The predicted octanol–water partition coefficient (Wildman–Crippen LogP) is 0.831. The van der Waals surface area contributed by atoms with E-state index in [1.165, 1.54) is 6.92 Å². The summed E-state index contributed by atoms with van der Waals surface area (Å²) in [5, 5.41) is 17.3. The molecule has 0 heterocycles. The van der Waals surface area contributed by atoms with Crippen LogP contribution in [-0.2, 0) is 4.79 Å². The van der Waals surface area contributed by atoms with Crippen LogP contribution in [0.3, 0.4) is 0 Å². The van der Waals surface area contributed by atoms with Gasteiger partial charge in [0.1, 0.15) is 0 Å². The molecule has 1 amide bonds. The molecular formula is C7H12F3NO3. The molecular weight excluding hydrogens is 203 g/mol. The van der Waals surface area contributed by atoms with E-state index in [1.807, 2.05) is 0 Å². The van der Waals surface area contributed by atoms with E-state index in [0.717, 1.165) is 5.48 Å². The van der Waals surface area contributed by atoms with Gasteiger partial charge in [0.15, 0.2) is 5.60 Å². The summed E-state index contributed by atoms with van der Waals surface area (Å²) in [5.74, 6) is -2.98. The molecule has 0 aliphatic carbocycles. The highest BCUT2D eigenvalue weighted by Gasteiger charge is 2.56. The summed E-state index contributed by atoms with van der Waals surface area (Å²) in [6.45, 7) is 1.80. The Morgan fingerprint density at radius 1 is 1.50 bits per heavy atom. The molecule has 0 aromatic rings. The minimum atomic E-state index is -4.92. The van der Waals surface area contributed by atoms with Crippen molar-refractivity contribution < 1.29 is 28.3 Å². The van der Waals surface area contributed by atoms with Gasteiger partial charge in [-0.25, -0.2) is 5.48 Å². The molecule has 4 nitrogen and oxygen atoms in total. The van der Waals surface area contributed by atoms with E-state index in [1.54, 1.807) is 0 Å². The lowest BCUT2D eigenvalue weighted by Crippen LogP contribution is -2.53. The Balaban J connectivity index is 4.93. The fraction of sp³-hybridized carbons (Fsp3) is 0.857. The third-order valence-corrected chi connectivity index (χ3v) is 2.09. The number of halogens is 3. The summed E-state index contributed by atoms with van der Waals surface area (Å²) in [5.41, 5.74) is -2.05. The lowest BCUT2D eigenvalue weighted by atomic mass is 9.86. The number of hydroxylamine groups is 1. The number of alkyl halides is 3. The maximum absolute atomic E-state index is 12.3. The maximum atomic E-state index is 12.3. The van der Waals surface area contributed by atoms with Crippen LogP contribution in [0.5, 0.6) is 0 Å². The number of carbonyl (C=O) groups excluding carboxylic acids is 1. The highest BCUT2D eigenvalue weighted by Crippen LogP contribution is 2.37. The van der Waals surface area contributed by atoms with Crippen molar-refractivity contribution in [2.75, 3.05) is 0 Å². The second kappa shape index (κ2) is 4.14. The molecule has 2 unspecified atom stereocenters. The van der Waals surface area contributed by atoms with Gasteiger partial charge in [0.25, 0.3) is 0 Å². The summed E-state index contributed by atoms with van der Waals surface area (Å²) in [4.78, 5) is 10.8. The summed E-state index contributed by atoms with van der Waals surface area (Å²) < 4.78 is 36.8. The zero-order valence-corrected chi connectivity index (χ0v) is 7.72. The number of hydrogen-bond donors (Lipinski definition) is 3. The number of rotatable bonds is 3. The smallest absolute Gasteiger partial charge is 0.380 e. The second-order valence-electron chi connectivity index (χ2n) is 3.08. The molecule has 0 fully saturated rings. The van der Waals surface area contributed by atoms with Crippen LogP contribution in [0.2, 0.25) is 0 Å². The fourth-order valence-electron chi connectivity index (χ4n) is 1.11. The second-order valence-corrected chi connectivity index (χ2v) is 3.08. The predicted molar refractivity (Wildman–Crippen MR) is 40.4 cm³/mol. The standard InChI is InChI=1S/C7H12F3NO3/c1-3-4(5(12)11-14)6(2,13)7(8,9)10/h4,13-14H,3H2,1-2H3,(H,11,12). The molecule has 0 radical (unpaired) electrons. The molecule has 2 atom stereocenters. The van der Waals surface area contributed by atoms with Crippen LogP contribution in [0.4, 0.5) is 13.2 Å². The van der Waals surface area contributed by atoms with Gasteiger partial charge in [-0.3, -0.25) is 10.0 Å². The monoisotopic (exact) mass is 215 g/mol. The van der Waals surface area contributed by atoms with E-state index in [2.05, 4.69) is 0 Å². The van der Waals surface area contributed by atoms with Crippen molar-refractivity contribution in [2.24, 2.45) is 5.92 Å². The summed E-state index contributed by atoms with van der Waals surface area (Å²) >= 11 is 0. The Morgan fingerprint density at radius 2 is 1.93 bits per heavy atom. The molecule has 3 N–H and O–H groups in total. The van der Waals surface area contributed by atoms with Gasteiger partial charge < -0.3 is 5.11 Å². The third-order valence-electron chi connectivity index (χ3n) is 2.09. The van der Waals surface area contributed by atoms with Gasteiger partial charge in [-0.1, -0.05) is 6.92 Å².